The predicted molar refractivity (Wildman–Crippen MR) is 102 cm³/mol. The molecule has 5 nitrogen and oxygen atoms in total. The Hall–Kier alpha value is -3.08. The zero-order chi connectivity index (χ0) is 18.8. The van der Waals surface area contributed by atoms with Crippen molar-refractivity contribution in [1.82, 2.24) is 10.9 Å². The van der Waals surface area contributed by atoms with Crippen LogP contribution in [0.5, 0.6) is 5.75 Å². The van der Waals surface area contributed by atoms with Crippen LogP contribution in [0.3, 0.4) is 0 Å². The summed E-state index contributed by atoms with van der Waals surface area (Å²) in [5, 5.41) is 0. The van der Waals surface area contributed by atoms with Crippen molar-refractivity contribution in [2.45, 2.75) is 26.2 Å². The number of benzene rings is 2. The number of hydrazine groups is 1. The molecule has 0 saturated carbocycles. The number of carbonyl (C=O) groups excluding carboxylic acids is 2. The molecule has 1 atom stereocenters. The summed E-state index contributed by atoms with van der Waals surface area (Å²) in [7, 11) is 0. The standard InChI is InChI=1S/C21H24N2O3/c1-3-16(2)18-11-7-8-12-19(18)26-15-21(25)23-22-20(24)14-13-17-9-5-4-6-10-17/h4-14,16H,3,15H2,1-2H3,(H,22,24)(H,23,25). The topological polar surface area (TPSA) is 67.4 Å². The van der Waals surface area contributed by atoms with Crippen LogP contribution in [0, 0.1) is 0 Å². The number of hydrogen-bond acceptors (Lipinski definition) is 3. The molecule has 0 heterocycles. The maximum Gasteiger partial charge on any atom is 0.276 e. The number of para-hydroxylation sites is 1. The summed E-state index contributed by atoms with van der Waals surface area (Å²) in [5.74, 6) is 0.192. The third-order valence-electron chi connectivity index (χ3n) is 3.97. The van der Waals surface area contributed by atoms with Gasteiger partial charge < -0.3 is 4.74 Å². The van der Waals surface area contributed by atoms with Gasteiger partial charge in [0.15, 0.2) is 6.61 Å². The molecule has 0 aliphatic heterocycles. The van der Waals surface area contributed by atoms with E-state index in [1.165, 1.54) is 6.08 Å². The number of ether oxygens (including phenoxy) is 1. The molecule has 0 fully saturated rings. The Labute approximate surface area is 154 Å². The Kier molecular flexibility index (Phi) is 7.43. The molecule has 26 heavy (non-hydrogen) atoms. The lowest BCUT2D eigenvalue weighted by Gasteiger charge is -2.15. The highest BCUT2D eigenvalue weighted by molar-refractivity contribution is 5.93. The van der Waals surface area contributed by atoms with E-state index in [4.69, 9.17) is 4.74 Å². The zero-order valence-electron chi connectivity index (χ0n) is 15.1. The van der Waals surface area contributed by atoms with Crippen LogP contribution >= 0.6 is 0 Å². The first-order valence-electron chi connectivity index (χ1n) is 8.63. The summed E-state index contributed by atoms with van der Waals surface area (Å²) in [4.78, 5) is 23.6. The minimum Gasteiger partial charge on any atom is -0.483 e. The van der Waals surface area contributed by atoms with Crippen LogP contribution in [0.25, 0.3) is 6.08 Å². The molecule has 2 rings (SSSR count). The van der Waals surface area contributed by atoms with Crippen molar-refractivity contribution in [3.05, 3.63) is 71.8 Å². The van der Waals surface area contributed by atoms with Gasteiger partial charge in [0, 0.05) is 6.08 Å². The van der Waals surface area contributed by atoms with Crippen LogP contribution in [0.15, 0.2) is 60.7 Å². The molecule has 0 aliphatic rings. The van der Waals surface area contributed by atoms with Crippen molar-refractivity contribution in [3.8, 4) is 5.75 Å². The number of hydrogen-bond donors (Lipinski definition) is 2. The molecule has 0 saturated heterocycles. The summed E-state index contributed by atoms with van der Waals surface area (Å²) in [6.45, 7) is 4.05. The quantitative estimate of drug-likeness (QED) is 0.592. The number of carbonyl (C=O) groups is 2. The molecule has 1 unspecified atom stereocenters. The minimum absolute atomic E-state index is 0.171. The summed E-state index contributed by atoms with van der Waals surface area (Å²) in [5.41, 5.74) is 6.64. The Bertz CT molecular complexity index is 757. The second-order valence-corrected chi connectivity index (χ2v) is 5.92. The van der Waals surface area contributed by atoms with Gasteiger partial charge in [-0.2, -0.15) is 0 Å². The van der Waals surface area contributed by atoms with Crippen molar-refractivity contribution in [2.24, 2.45) is 0 Å². The molecule has 0 aliphatic carbocycles. The van der Waals surface area contributed by atoms with E-state index in [-0.39, 0.29) is 6.61 Å². The van der Waals surface area contributed by atoms with Gasteiger partial charge in [-0.05, 0) is 35.6 Å². The summed E-state index contributed by atoms with van der Waals surface area (Å²) in [6.07, 6.45) is 4.01. The second kappa shape index (κ2) is 10.0. The normalized spacial score (nSPS) is 11.8. The van der Waals surface area contributed by atoms with E-state index in [9.17, 15) is 9.59 Å². The van der Waals surface area contributed by atoms with Gasteiger partial charge in [-0.3, -0.25) is 20.4 Å². The molecular formula is C21H24N2O3. The van der Waals surface area contributed by atoms with Crippen molar-refractivity contribution in [3.63, 3.8) is 0 Å². The van der Waals surface area contributed by atoms with E-state index in [1.807, 2.05) is 54.6 Å². The fourth-order valence-electron chi connectivity index (χ4n) is 2.33. The van der Waals surface area contributed by atoms with E-state index in [2.05, 4.69) is 24.7 Å². The maximum atomic E-state index is 11.9. The first-order valence-corrected chi connectivity index (χ1v) is 8.63. The molecule has 5 heteroatoms. The Morgan fingerprint density at radius 3 is 2.46 bits per heavy atom. The first-order chi connectivity index (χ1) is 12.6. The molecule has 0 spiro atoms. The molecule has 2 aromatic carbocycles. The summed E-state index contributed by atoms with van der Waals surface area (Å²) in [6, 6.07) is 17.1. The van der Waals surface area contributed by atoms with E-state index in [0.717, 1.165) is 17.5 Å². The lowest BCUT2D eigenvalue weighted by molar-refractivity contribution is -0.128. The van der Waals surface area contributed by atoms with Gasteiger partial charge in [-0.1, -0.05) is 62.4 Å². The summed E-state index contributed by atoms with van der Waals surface area (Å²) < 4.78 is 5.60. The van der Waals surface area contributed by atoms with Crippen molar-refractivity contribution >= 4 is 17.9 Å². The highest BCUT2D eigenvalue weighted by Crippen LogP contribution is 2.28. The number of rotatable bonds is 7. The van der Waals surface area contributed by atoms with Crippen LogP contribution in [0.2, 0.25) is 0 Å². The van der Waals surface area contributed by atoms with Gasteiger partial charge >= 0.3 is 0 Å². The fourth-order valence-corrected chi connectivity index (χ4v) is 2.33. The van der Waals surface area contributed by atoms with Gasteiger partial charge in [0.2, 0.25) is 0 Å². The Morgan fingerprint density at radius 1 is 1.04 bits per heavy atom. The average Bonchev–Trinajstić information content (AvgIpc) is 2.69. The van der Waals surface area contributed by atoms with Crippen LogP contribution in [-0.2, 0) is 9.59 Å². The largest absolute Gasteiger partial charge is 0.483 e. The van der Waals surface area contributed by atoms with Gasteiger partial charge in [-0.15, -0.1) is 0 Å². The third kappa shape index (κ3) is 6.09. The van der Waals surface area contributed by atoms with Crippen molar-refractivity contribution in [1.29, 1.82) is 0 Å². The van der Waals surface area contributed by atoms with E-state index in [1.54, 1.807) is 6.08 Å². The van der Waals surface area contributed by atoms with E-state index < -0.39 is 11.8 Å². The van der Waals surface area contributed by atoms with Crippen LogP contribution in [0.4, 0.5) is 0 Å². The Morgan fingerprint density at radius 2 is 1.73 bits per heavy atom. The van der Waals surface area contributed by atoms with Gasteiger partial charge in [0.1, 0.15) is 5.75 Å². The summed E-state index contributed by atoms with van der Waals surface area (Å²) >= 11 is 0. The molecule has 0 radical (unpaired) electrons. The van der Waals surface area contributed by atoms with Crippen LogP contribution in [-0.4, -0.2) is 18.4 Å². The molecule has 0 bridgehead atoms. The molecule has 2 aromatic rings. The third-order valence-corrected chi connectivity index (χ3v) is 3.97. The molecular weight excluding hydrogens is 328 g/mol. The lowest BCUT2D eigenvalue weighted by atomic mass is 9.98. The second-order valence-electron chi connectivity index (χ2n) is 5.92. The Balaban J connectivity index is 1.79. The van der Waals surface area contributed by atoms with Crippen LogP contribution < -0.4 is 15.6 Å². The first kappa shape index (κ1) is 19.2. The van der Waals surface area contributed by atoms with Gasteiger partial charge in [0.05, 0.1) is 0 Å². The SMILES string of the molecule is CCC(C)c1ccccc1OCC(=O)NNC(=O)C=Cc1ccccc1. The number of nitrogens with one attached hydrogen (secondary N) is 2. The van der Waals surface area contributed by atoms with Gasteiger partial charge in [-0.25, -0.2) is 0 Å². The minimum atomic E-state index is -0.426. The molecule has 0 aromatic heterocycles. The highest BCUT2D eigenvalue weighted by Gasteiger charge is 2.11. The van der Waals surface area contributed by atoms with E-state index in [0.29, 0.717) is 11.7 Å². The van der Waals surface area contributed by atoms with Crippen molar-refractivity contribution in [2.75, 3.05) is 6.61 Å². The molecule has 2 N–H and O–H groups in total. The molecule has 136 valence electrons. The zero-order valence-corrected chi connectivity index (χ0v) is 15.1. The smallest absolute Gasteiger partial charge is 0.276 e. The highest BCUT2D eigenvalue weighted by atomic mass is 16.5. The van der Waals surface area contributed by atoms with E-state index >= 15 is 0 Å². The van der Waals surface area contributed by atoms with Gasteiger partial charge in [0.25, 0.3) is 11.8 Å². The van der Waals surface area contributed by atoms with Crippen LogP contribution in [0.1, 0.15) is 37.3 Å². The molecule has 2 amide bonds. The maximum absolute atomic E-state index is 11.9. The monoisotopic (exact) mass is 352 g/mol. The fraction of sp³-hybridized carbons (Fsp3) is 0.238. The van der Waals surface area contributed by atoms with Crippen molar-refractivity contribution < 1.29 is 14.3 Å². The lowest BCUT2D eigenvalue weighted by Crippen LogP contribution is -2.43. The average molecular weight is 352 g/mol. The number of amides is 2. The predicted octanol–water partition coefficient (Wildman–Crippen LogP) is 3.44.